The zero-order chi connectivity index (χ0) is 11.8. The predicted octanol–water partition coefficient (Wildman–Crippen LogP) is 2.82. The van der Waals surface area contributed by atoms with E-state index in [4.69, 9.17) is 4.74 Å². The number of rotatable bonds is 1. The summed E-state index contributed by atoms with van der Waals surface area (Å²) in [5.74, 6) is 1.76. The molecule has 0 unspecified atom stereocenters. The van der Waals surface area contributed by atoms with Crippen LogP contribution in [0.1, 0.15) is 36.3 Å². The maximum absolute atomic E-state index is 5.33. The van der Waals surface area contributed by atoms with Gasteiger partial charge in [0.2, 0.25) is 0 Å². The van der Waals surface area contributed by atoms with E-state index >= 15 is 0 Å². The number of ether oxygens (including phenoxy) is 1. The summed E-state index contributed by atoms with van der Waals surface area (Å²) in [4.78, 5) is 2.56. The monoisotopic (exact) mass is 231 g/mol. The van der Waals surface area contributed by atoms with Crippen molar-refractivity contribution in [2.24, 2.45) is 0 Å². The molecule has 2 atom stereocenters. The summed E-state index contributed by atoms with van der Waals surface area (Å²) < 4.78 is 5.33. The largest absolute Gasteiger partial charge is 0.497 e. The molecule has 0 amide bonds. The Kier molecular flexibility index (Phi) is 2.83. The molecule has 92 valence electrons. The summed E-state index contributed by atoms with van der Waals surface area (Å²) in [6, 6.07) is 7.42. The molecular weight excluding hydrogens is 210 g/mol. The van der Waals surface area contributed by atoms with Crippen molar-refractivity contribution in [3.63, 3.8) is 0 Å². The second kappa shape index (κ2) is 4.34. The summed E-state index contributed by atoms with van der Waals surface area (Å²) in [5.41, 5.74) is 3.09. The van der Waals surface area contributed by atoms with Crippen LogP contribution in [0.2, 0.25) is 0 Å². The minimum atomic E-state index is 0.753. The molecule has 1 aromatic rings. The highest BCUT2D eigenvalue weighted by molar-refractivity contribution is 5.40. The Balaban J connectivity index is 1.96. The SMILES string of the molecule is COc1ccc2c(c1)CC[C@H]1[C@H]2CCCN1C. The van der Waals surface area contributed by atoms with Crippen LogP contribution in [0.5, 0.6) is 5.75 Å². The number of likely N-dealkylation sites (tertiary alicyclic amines) is 1. The number of hydrogen-bond donors (Lipinski definition) is 0. The van der Waals surface area contributed by atoms with Gasteiger partial charge in [0.15, 0.2) is 0 Å². The Morgan fingerprint density at radius 1 is 1.29 bits per heavy atom. The Morgan fingerprint density at radius 3 is 3.00 bits per heavy atom. The van der Waals surface area contributed by atoms with Gasteiger partial charge in [0.1, 0.15) is 5.75 Å². The lowest BCUT2D eigenvalue weighted by molar-refractivity contribution is 0.143. The predicted molar refractivity (Wildman–Crippen MR) is 69.7 cm³/mol. The van der Waals surface area contributed by atoms with Crippen LogP contribution >= 0.6 is 0 Å². The van der Waals surface area contributed by atoms with Gasteiger partial charge >= 0.3 is 0 Å². The van der Waals surface area contributed by atoms with Gasteiger partial charge in [0.05, 0.1) is 7.11 Å². The van der Waals surface area contributed by atoms with E-state index in [1.807, 2.05) is 0 Å². The van der Waals surface area contributed by atoms with Gasteiger partial charge in [0.25, 0.3) is 0 Å². The molecule has 0 radical (unpaired) electrons. The molecule has 2 nitrogen and oxygen atoms in total. The first kappa shape index (κ1) is 11.1. The van der Waals surface area contributed by atoms with Crippen LogP contribution in [-0.4, -0.2) is 31.6 Å². The fraction of sp³-hybridized carbons (Fsp3) is 0.600. The van der Waals surface area contributed by atoms with E-state index in [0.717, 1.165) is 17.7 Å². The van der Waals surface area contributed by atoms with Gasteiger partial charge in [-0.05, 0) is 68.5 Å². The van der Waals surface area contributed by atoms with Gasteiger partial charge in [0, 0.05) is 6.04 Å². The quantitative estimate of drug-likeness (QED) is 0.737. The lowest BCUT2D eigenvalue weighted by atomic mass is 9.74. The van der Waals surface area contributed by atoms with Crippen molar-refractivity contribution in [1.82, 2.24) is 4.90 Å². The van der Waals surface area contributed by atoms with E-state index < -0.39 is 0 Å². The molecule has 1 aliphatic carbocycles. The standard InChI is InChI=1S/C15H21NO/c1-16-9-3-4-14-13-7-6-12(17-2)10-11(13)5-8-15(14)16/h6-7,10,14-15H,3-5,8-9H2,1-2H3/t14-,15-/m0/s1. The third-order valence-electron chi connectivity index (χ3n) is 4.52. The molecule has 1 aromatic carbocycles. The van der Waals surface area contributed by atoms with Crippen molar-refractivity contribution in [2.75, 3.05) is 20.7 Å². The van der Waals surface area contributed by atoms with Crippen molar-refractivity contribution >= 4 is 0 Å². The molecule has 1 saturated heterocycles. The van der Waals surface area contributed by atoms with Gasteiger partial charge in [-0.15, -0.1) is 0 Å². The summed E-state index contributed by atoms with van der Waals surface area (Å²) in [6.07, 6.45) is 5.21. The molecule has 0 spiro atoms. The summed E-state index contributed by atoms with van der Waals surface area (Å²) in [7, 11) is 4.03. The first-order valence-electron chi connectivity index (χ1n) is 6.66. The summed E-state index contributed by atoms with van der Waals surface area (Å²) in [6.45, 7) is 1.27. The molecule has 1 aliphatic heterocycles. The van der Waals surface area contributed by atoms with Crippen LogP contribution in [0.25, 0.3) is 0 Å². The molecule has 0 bridgehead atoms. The number of piperidine rings is 1. The van der Waals surface area contributed by atoms with Crippen LogP contribution < -0.4 is 4.74 Å². The fourth-order valence-electron chi connectivity index (χ4n) is 3.60. The second-order valence-corrected chi connectivity index (χ2v) is 5.40. The first-order valence-corrected chi connectivity index (χ1v) is 6.66. The molecular formula is C15H21NO. The Labute approximate surface area is 104 Å². The van der Waals surface area contributed by atoms with Crippen molar-refractivity contribution < 1.29 is 4.74 Å². The van der Waals surface area contributed by atoms with Crippen molar-refractivity contribution in [1.29, 1.82) is 0 Å². The number of nitrogens with zero attached hydrogens (tertiary/aromatic N) is 1. The Hall–Kier alpha value is -1.02. The van der Waals surface area contributed by atoms with Crippen molar-refractivity contribution in [2.45, 2.75) is 37.6 Å². The van der Waals surface area contributed by atoms with E-state index in [1.54, 1.807) is 12.7 Å². The normalized spacial score (nSPS) is 28.4. The zero-order valence-electron chi connectivity index (χ0n) is 10.8. The number of methoxy groups -OCH3 is 1. The van der Waals surface area contributed by atoms with Gasteiger partial charge in [-0.1, -0.05) is 6.07 Å². The third kappa shape index (κ3) is 1.85. The maximum Gasteiger partial charge on any atom is 0.119 e. The van der Waals surface area contributed by atoms with Gasteiger partial charge in [-0.25, -0.2) is 0 Å². The van der Waals surface area contributed by atoms with E-state index in [2.05, 4.69) is 30.1 Å². The van der Waals surface area contributed by atoms with E-state index in [-0.39, 0.29) is 0 Å². The number of hydrogen-bond acceptors (Lipinski definition) is 2. The molecule has 1 fully saturated rings. The maximum atomic E-state index is 5.33. The molecule has 2 aliphatic rings. The van der Waals surface area contributed by atoms with Crippen LogP contribution in [0.15, 0.2) is 18.2 Å². The van der Waals surface area contributed by atoms with Crippen LogP contribution in [-0.2, 0) is 6.42 Å². The lowest BCUT2D eigenvalue weighted by Crippen LogP contribution is -2.43. The van der Waals surface area contributed by atoms with Gasteiger partial charge in [-0.3, -0.25) is 0 Å². The van der Waals surface area contributed by atoms with Crippen LogP contribution in [0.3, 0.4) is 0 Å². The highest BCUT2D eigenvalue weighted by Crippen LogP contribution is 2.40. The topological polar surface area (TPSA) is 12.5 Å². The Morgan fingerprint density at radius 2 is 2.18 bits per heavy atom. The number of likely N-dealkylation sites (N-methyl/N-ethyl adjacent to an activating group) is 1. The molecule has 3 rings (SSSR count). The second-order valence-electron chi connectivity index (χ2n) is 5.40. The van der Waals surface area contributed by atoms with Crippen LogP contribution in [0, 0.1) is 0 Å². The minimum Gasteiger partial charge on any atom is -0.497 e. The van der Waals surface area contributed by atoms with E-state index in [0.29, 0.717) is 0 Å². The van der Waals surface area contributed by atoms with Crippen molar-refractivity contribution in [3.8, 4) is 5.75 Å². The highest BCUT2D eigenvalue weighted by atomic mass is 16.5. The molecule has 17 heavy (non-hydrogen) atoms. The summed E-state index contributed by atoms with van der Waals surface area (Å²) >= 11 is 0. The van der Waals surface area contributed by atoms with Crippen molar-refractivity contribution in [3.05, 3.63) is 29.3 Å². The fourth-order valence-corrected chi connectivity index (χ4v) is 3.60. The Bertz CT molecular complexity index is 415. The van der Waals surface area contributed by atoms with Gasteiger partial charge in [-0.2, -0.15) is 0 Å². The third-order valence-corrected chi connectivity index (χ3v) is 4.52. The smallest absolute Gasteiger partial charge is 0.119 e. The highest BCUT2D eigenvalue weighted by Gasteiger charge is 2.34. The molecule has 0 aromatic heterocycles. The lowest BCUT2D eigenvalue weighted by Gasteiger charge is -2.43. The number of aryl methyl sites for hydroxylation is 1. The van der Waals surface area contributed by atoms with Gasteiger partial charge < -0.3 is 9.64 Å². The van der Waals surface area contributed by atoms with E-state index in [1.165, 1.54) is 37.8 Å². The molecule has 1 heterocycles. The van der Waals surface area contributed by atoms with Crippen LogP contribution in [0.4, 0.5) is 0 Å². The number of fused-ring (bicyclic) bond motifs is 3. The molecule has 0 saturated carbocycles. The number of benzene rings is 1. The average Bonchev–Trinajstić information content (AvgIpc) is 2.38. The zero-order valence-corrected chi connectivity index (χ0v) is 10.8. The summed E-state index contributed by atoms with van der Waals surface area (Å²) in [5, 5.41) is 0. The molecule has 2 heteroatoms. The first-order chi connectivity index (χ1) is 8.29. The average molecular weight is 231 g/mol. The minimum absolute atomic E-state index is 0.753. The molecule has 0 N–H and O–H groups in total. The van der Waals surface area contributed by atoms with E-state index in [9.17, 15) is 0 Å².